The summed E-state index contributed by atoms with van der Waals surface area (Å²) in [5.41, 5.74) is 1.22. The van der Waals surface area contributed by atoms with E-state index in [1.54, 1.807) is 11.3 Å². The Morgan fingerprint density at radius 1 is 1.12 bits per heavy atom. The number of urea groups is 1. The predicted molar refractivity (Wildman–Crippen MR) is 97.7 cm³/mol. The van der Waals surface area contributed by atoms with Crippen LogP contribution in [0.4, 0.5) is 9.93 Å². The van der Waals surface area contributed by atoms with Crippen LogP contribution in [-0.2, 0) is 12.8 Å². The molecule has 3 aliphatic rings. The molecule has 0 radical (unpaired) electrons. The fraction of sp³-hybridized carbons (Fsp3) is 0.667. The Morgan fingerprint density at radius 2 is 1.88 bits per heavy atom. The summed E-state index contributed by atoms with van der Waals surface area (Å²) in [6, 6.07) is 0.650. The molecular weight excluding hydrogens is 320 g/mol. The normalized spacial score (nSPS) is 22.4. The van der Waals surface area contributed by atoms with Crippen LogP contribution in [0.15, 0.2) is 12.2 Å². The van der Waals surface area contributed by atoms with Gasteiger partial charge in [-0.2, -0.15) is 0 Å². The van der Waals surface area contributed by atoms with E-state index in [-0.39, 0.29) is 6.03 Å². The van der Waals surface area contributed by atoms with Crippen LogP contribution in [0.1, 0.15) is 42.7 Å². The van der Waals surface area contributed by atoms with Gasteiger partial charge in [-0.3, -0.25) is 10.2 Å². The first kappa shape index (κ1) is 16.1. The third-order valence-corrected chi connectivity index (χ3v) is 6.50. The average Bonchev–Trinajstić information content (AvgIpc) is 3.21. The van der Waals surface area contributed by atoms with Crippen LogP contribution in [0, 0.1) is 0 Å². The van der Waals surface area contributed by atoms with Gasteiger partial charge in [-0.05, 0) is 38.5 Å². The highest BCUT2D eigenvalue weighted by Crippen LogP contribution is 2.29. The summed E-state index contributed by atoms with van der Waals surface area (Å²) >= 11 is 1.68. The van der Waals surface area contributed by atoms with Gasteiger partial charge in [0.15, 0.2) is 5.13 Å². The molecule has 1 aromatic heterocycles. The molecule has 1 saturated heterocycles. The third-order valence-electron chi connectivity index (χ3n) is 5.42. The Kier molecular flexibility index (Phi) is 4.85. The number of rotatable bonds is 2. The Morgan fingerprint density at radius 3 is 2.67 bits per heavy atom. The quantitative estimate of drug-likeness (QED) is 0.660. The lowest BCUT2D eigenvalue weighted by molar-refractivity contribution is 0.144. The van der Waals surface area contributed by atoms with Gasteiger partial charge >= 0.3 is 6.03 Å². The third kappa shape index (κ3) is 3.49. The lowest BCUT2D eigenvalue weighted by Crippen LogP contribution is -2.47. The minimum Gasteiger partial charge on any atom is -0.324 e. The van der Waals surface area contributed by atoms with E-state index in [2.05, 4.69) is 27.4 Å². The van der Waals surface area contributed by atoms with Crippen LogP contribution < -0.4 is 5.32 Å². The lowest BCUT2D eigenvalue weighted by Gasteiger charge is -2.36. The first-order chi connectivity index (χ1) is 11.8. The van der Waals surface area contributed by atoms with Crippen molar-refractivity contribution in [2.45, 2.75) is 51.0 Å². The molecule has 0 bridgehead atoms. The standard InChI is InChI=1S/C18H26N4OS/c23-18(20-17-19-15-6-2-1-3-7-16(15)24-17)22-12-8-14(9-13-22)21-10-4-5-11-21/h4-5,14H,1-3,6-13H2,(H,19,20,23). The van der Waals surface area contributed by atoms with E-state index in [1.165, 1.54) is 29.8 Å². The van der Waals surface area contributed by atoms with Gasteiger partial charge in [0.2, 0.25) is 0 Å². The monoisotopic (exact) mass is 346 g/mol. The second-order valence-corrected chi connectivity index (χ2v) is 8.11. The SMILES string of the molecule is O=C(Nc1nc2c(s1)CCCCC2)N1CCC(N2CC=CC2)CC1. The number of piperidine rings is 1. The van der Waals surface area contributed by atoms with Crippen LogP contribution in [0.5, 0.6) is 0 Å². The van der Waals surface area contributed by atoms with Gasteiger partial charge < -0.3 is 4.90 Å². The molecule has 2 amide bonds. The molecule has 4 rings (SSSR count). The summed E-state index contributed by atoms with van der Waals surface area (Å²) in [4.78, 5) is 23.0. The van der Waals surface area contributed by atoms with Gasteiger partial charge in [-0.15, -0.1) is 11.3 Å². The van der Waals surface area contributed by atoms with Crippen molar-refractivity contribution < 1.29 is 4.79 Å². The Bertz CT molecular complexity index is 587. The average molecular weight is 347 g/mol. The lowest BCUT2D eigenvalue weighted by atomic mass is 10.0. The first-order valence-electron chi connectivity index (χ1n) is 9.23. The number of amides is 2. The molecule has 24 heavy (non-hydrogen) atoms. The fourth-order valence-corrected chi connectivity index (χ4v) is 5.02. The van der Waals surface area contributed by atoms with Crippen molar-refractivity contribution in [1.29, 1.82) is 0 Å². The number of hydrogen-bond donors (Lipinski definition) is 1. The number of likely N-dealkylation sites (tertiary alicyclic amines) is 1. The van der Waals surface area contributed by atoms with E-state index in [0.29, 0.717) is 6.04 Å². The van der Waals surface area contributed by atoms with Crippen molar-refractivity contribution in [2.24, 2.45) is 0 Å². The van der Waals surface area contributed by atoms with Crippen LogP contribution in [-0.4, -0.2) is 53.0 Å². The van der Waals surface area contributed by atoms with Gasteiger partial charge in [0.25, 0.3) is 0 Å². The van der Waals surface area contributed by atoms with Crippen LogP contribution >= 0.6 is 11.3 Å². The molecule has 1 aliphatic carbocycles. The molecule has 0 spiro atoms. The molecule has 0 atom stereocenters. The van der Waals surface area contributed by atoms with E-state index in [9.17, 15) is 4.79 Å². The number of aromatic nitrogens is 1. The summed E-state index contributed by atoms with van der Waals surface area (Å²) in [7, 11) is 0. The molecule has 5 nitrogen and oxygen atoms in total. The maximum atomic E-state index is 12.5. The highest BCUT2D eigenvalue weighted by atomic mass is 32.1. The second-order valence-electron chi connectivity index (χ2n) is 7.02. The fourth-order valence-electron chi connectivity index (χ4n) is 3.98. The number of hydrogen-bond acceptors (Lipinski definition) is 4. The van der Waals surface area contributed by atoms with Crippen LogP contribution in [0.3, 0.4) is 0 Å². The minimum atomic E-state index is 0.0249. The predicted octanol–water partition coefficient (Wildman–Crippen LogP) is 3.28. The molecule has 2 aliphatic heterocycles. The van der Waals surface area contributed by atoms with Crippen molar-refractivity contribution in [1.82, 2.24) is 14.8 Å². The number of fused-ring (bicyclic) bond motifs is 1. The van der Waals surface area contributed by atoms with E-state index >= 15 is 0 Å². The Hall–Kier alpha value is -1.40. The van der Waals surface area contributed by atoms with Crippen molar-refractivity contribution in [2.75, 3.05) is 31.5 Å². The van der Waals surface area contributed by atoms with E-state index < -0.39 is 0 Å². The van der Waals surface area contributed by atoms with E-state index in [1.807, 2.05) is 4.90 Å². The summed E-state index contributed by atoms with van der Waals surface area (Å²) in [5.74, 6) is 0. The van der Waals surface area contributed by atoms with Crippen LogP contribution in [0.2, 0.25) is 0 Å². The second kappa shape index (κ2) is 7.23. The smallest absolute Gasteiger partial charge is 0.323 e. The molecule has 3 heterocycles. The van der Waals surface area contributed by atoms with Crippen molar-refractivity contribution in [3.63, 3.8) is 0 Å². The van der Waals surface area contributed by atoms with Crippen molar-refractivity contribution in [3.05, 3.63) is 22.7 Å². The van der Waals surface area contributed by atoms with Crippen molar-refractivity contribution >= 4 is 22.5 Å². The largest absolute Gasteiger partial charge is 0.324 e. The molecule has 0 unspecified atom stereocenters. The Balaban J connectivity index is 1.30. The zero-order valence-electron chi connectivity index (χ0n) is 14.2. The van der Waals surface area contributed by atoms with Gasteiger partial charge in [0.05, 0.1) is 5.69 Å². The number of thiazole rings is 1. The molecule has 0 aromatic carbocycles. The van der Waals surface area contributed by atoms with E-state index in [4.69, 9.17) is 0 Å². The van der Waals surface area contributed by atoms with Gasteiger partial charge in [0, 0.05) is 37.1 Å². The Labute approximate surface area is 147 Å². The number of carbonyl (C=O) groups is 1. The summed E-state index contributed by atoms with van der Waals surface area (Å²) < 4.78 is 0. The van der Waals surface area contributed by atoms with Gasteiger partial charge in [-0.25, -0.2) is 9.78 Å². The van der Waals surface area contributed by atoms with E-state index in [0.717, 1.165) is 57.0 Å². The molecule has 1 aromatic rings. The molecular formula is C18H26N4OS. The number of nitrogens with one attached hydrogen (secondary N) is 1. The maximum absolute atomic E-state index is 12.5. The number of nitrogens with zero attached hydrogens (tertiary/aromatic N) is 3. The van der Waals surface area contributed by atoms with Crippen LogP contribution in [0.25, 0.3) is 0 Å². The summed E-state index contributed by atoms with van der Waals surface area (Å²) in [6.45, 7) is 3.83. The highest BCUT2D eigenvalue weighted by molar-refractivity contribution is 7.15. The topological polar surface area (TPSA) is 48.5 Å². The maximum Gasteiger partial charge on any atom is 0.323 e. The molecule has 130 valence electrons. The van der Waals surface area contributed by atoms with Gasteiger partial charge in [-0.1, -0.05) is 18.6 Å². The zero-order chi connectivity index (χ0) is 16.4. The summed E-state index contributed by atoms with van der Waals surface area (Å²) in [6.07, 6.45) is 12.6. The molecule has 0 saturated carbocycles. The summed E-state index contributed by atoms with van der Waals surface area (Å²) in [5, 5.41) is 3.83. The molecule has 6 heteroatoms. The number of aryl methyl sites for hydroxylation is 2. The first-order valence-corrected chi connectivity index (χ1v) is 10.0. The van der Waals surface area contributed by atoms with Crippen molar-refractivity contribution in [3.8, 4) is 0 Å². The molecule has 1 N–H and O–H groups in total. The number of anilines is 1. The number of carbonyl (C=O) groups excluding carboxylic acids is 1. The molecule has 1 fully saturated rings. The highest BCUT2D eigenvalue weighted by Gasteiger charge is 2.27. The minimum absolute atomic E-state index is 0.0249. The van der Waals surface area contributed by atoms with Gasteiger partial charge in [0.1, 0.15) is 0 Å². The zero-order valence-corrected chi connectivity index (χ0v) is 15.0.